The number of aliphatic imine (C=N–C) groups is 1. The van der Waals surface area contributed by atoms with E-state index < -0.39 is 5.97 Å². The molecule has 0 unspecified atom stereocenters. The first-order valence-corrected chi connectivity index (χ1v) is 10.2. The number of nitrogens with zero attached hydrogens (tertiary/aromatic N) is 5. The van der Waals surface area contributed by atoms with Crippen molar-refractivity contribution in [1.82, 2.24) is 14.9 Å². The Labute approximate surface area is 176 Å². The van der Waals surface area contributed by atoms with Gasteiger partial charge in [-0.05, 0) is 37.6 Å². The van der Waals surface area contributed by atoms with Crippen molar-refractivity contribution in [3.05, 3.63) is 48.3 Å². The fourth-order valence-corrected chi connectivity index (χ4v) is 3.15. The Bertz CT molecular complexity index is 838. The fraction of sp³-hybridized carbons (Fsp3) is 0.429. The van der Waals surface area contributed by atoms with Gasteiger partial charge in [-0.25, -0.2) is 14.8 Å². The van der Waals surface area contributed by atoms with Gasteiger partial charge in [-0.1, -0.05) is 6.07 Å². The number of carboxylic acid groups (broad SMARTS) is 1. The van der Waals surface area contributed by atoms with Crippen molar-refractivity contribution in [2.24, 2.45) is 4.99 Å². The molecule has 0 aliphatic carbocycles. The number of benzene rings is 1. The maximum Gasteiger partial charge on any atom is 0.335 e. The number of aromatic carboxylic acids is 1. The maximum atomic E-state index is 11.3. The smallest absolute Gasteiger partial charge is 0.335 e. The predicted molar refractivity (Wildman–Crippen MR) is 116 cm³/mol. The highest BCUT2D eigenvalue weighted by Crippen LogP contribution is 2.14. The average molecular weight is 412 g/mol. The summed E-state index contributed by atoms with van der Waals surface area (Å²) in [5.41, 5.74) is 0.939. The Balaban J connectivity index is 1.67. The van der Waals surface area contributed by atoms with E-state index in [1.54, 1.807) is 30.6 Å². The number of hydrogen-bond donors (Lipinski definition) is 2. The van der Waals surface area contributed by atoms with E-state index in [0.29, 0.717) is 25.4 Å². The summed E-state index contributed by atoms with van der Waals surface area (Å²) in [6.45, 7) is 7.03. The molecule has 160 valence electrons. The fourth-order valence-electron chi connectivity index (χ4n) is 3.15. The lowest BCUT2D eigenvalue weighted by atomic mass is 10.2. The van der Waals surface area contributed by atoms with Gasteiger partial charge in [0.05, 0.1) is 5.56 Å². The molecule has 0 saturated carbocycles. The van der Waals surface area contributed by atoms with Gasteiger partial charge in [0.25, 0.3) is 0 Å². The van der Waals surface area contributed by atoms with E-state index in [2.05, 4.69) is 25.1 Å². The Hall–Kier alpha value is -3.20. The predicted octanol–water partition coefficient (Wildman–Crippen LogP) is 2.19. The summed E-state index contributed by atoms with van der Waals surface area (Å²) < 4.78 is 5.40. The second-order valence-electron chi connectivity index (χ2n) is 6.79. The van der Waals surface area contributed by atoms with Gasteiger partial charge in [0, 0.05) is 64.0 Å². The summed E-state index contributed by atoms with van der Waals surface area (Å²) in [7, 11) is 0. The van der Waals surface area contributed by atoms with E-state index in [1.807, 2.05) is 19.1 Å². The van der Waals surface area contributed by atoms with Gasteiger partial charge in [-0.3, -0.25) is 4.99 Å². The van der Waals surface area contributed by atoms with E-state index in [-0.39, 0.29) is 5.56 Å². The number of aromatic nitrogens is 2. The molecule has 2 heterocycles. The van der Waals surface area contributed by atoms with E-state index in [4.69, 9.17) is 9.73 Å². The molecule has 0 bridgehead atoms. The monoisotopic (exact) mass is 412 g/mol. The first-order valence-electron chi connectivity index (χ1n) is 10.2. The van der Waals surface area contributed by atoms with Crippen molar-refractivity contribution in [1.29, 1.82) is 0 Å². The molecule has 9 heteroatoms. The van der Waals surface area contributed by atoms with Crippen LogP contribution in [-0.2, 0) is 4.74 Å². The molecule has 3 rings (SSSR count). The Morgan fingerprint density at radius 1 is 1.20 bits per heavy atom. The van der Waals surface area contributed by atoms with Crippen LogP contribution in [0, 0.1) is 0 Å². The minimum Gasteiger partial charge on any atom is -0.478 e. The number of anilines is 2. The summed E-state index contributed by atoms with van der Waals surface area (Å²) in [4.78, 5) is 29.0. The zero-order valence-electron chi connectivity index (χ0n) is 17.2. The second kappa shape index (κ2) is 11.1. The number of nitrogens with one attached hydrogen (secondary N) is 1. The summed E-state index contributed by atoms with van der Waals surface area (Å²) in [6.07, 6.45) is 4.32. The first-order chi connectivity index (χ1) is 14.7. The lowest BCUT2D eigenvalue weighted by molar-refractivity contribution is 0.0697. The van der Waals surface area contributed by atoms with Gasteiger partial charge in [0.15, 0.2) is 5.96 Å². The van der Waals surface area contributed by atoms with Crippen LogP contribution < -0.4 is 10.2 Å². The van der Waals surface area contributed by atoms with Crippen molar-refractivity contribution < 1.29 is 14.6 Å². The molecule has 1 aromatic heterocycles. The Kier molecular flexibility index (Phi) is 7.96. The van der Waals surface area contributed by atoms with Crippen LogP contribution in [0.15, 0.2) is 47.7 Å². The van der Waals surface area contributed by atoms with Crippen LogP contribution in [0.5, 0.6) is 0 Å². The van der Waals surface area contributed by atoms with Gasteiger partial charge >= 0.3 is 5.97 Å². The van der Waals surface area contributed by atoms with Gasteiger partial charge in [-0.15, -0.1) is 0 Å². The second-order valence-corrected chi connectivity index (χ2v) is 6.79. The highest BCUT2D eigenvalue weighted by Gasteiger charge is 2.21. The van der Waals surface area contributed by atoms with Gasteiger partial charge < -0.3 is 25.0 Å². The average Bonchev–Trinajstić information content (AvgIpc) is 2.79. The molecule has 1 aliphatic heterocycles. The molecule has 0 atom stereocenters. The molecular weight excluding hydrogens is 384 g/mol. The topological polar surface area (TPSA) is 103 Å². The van der Waals surface area contributed by atoms with E-state index in [0.717, 1.165) is 44.5 Å². The molecule has 1 aliphatic rings. The Morgan fingerprint density at radius 3 is 2.67 bits per heavy atom. The molecule has 9 nitrogen and oxygen atoms in total. The van der Waals surface area contributed by atoms with Gasteiger partial charge in [0.2, 0.25) is 5.95 Å². The molecule has 0 amide bonds. The van der Waals surface area contributed by atoms with Crippen molar-refractivity contribution in [3.63, 3.8) is 0 Å². The third kappa shape index (κ3) is 6.15. The molecule has 0 radical (unpaired) electrons. The zero-order chi connectivity index (χ0) is 21.2. The number of guanidine groups is 1. The van der Waals surface area contributed by atoms with Crippen LogP contribution in [0.2, 0.25) is 0 Å². The van der Waals surface area contributed by atoms with Gasteiger partial charge in [-0.2, -0.15) is 0 Å². The third-order valence-corrected chi connectivity index (χ3v) is 4.69. The molecule has 2 aromatic rings. The lowest BCUT2D eigenvalue weighted by Crippen LogP contribution is -2.51. The van der Waals surface area contributed by atoms with E-state index >= 15 is 0 Å². The number of carbonyl (C=O) groups is 1. The van der Waals surface area contributed by atoms with Crippen molar-refractivity contribution in [2.45, 2.75) is 13.3 Å². The molecule has 1 saturated heterocycles. The van der Waals surface area contributed by atoms with Crippen molar-refractivity contribution in [2.75, 3.05) is 56.2 Å². The number of ether oxygens (including phenoxy) is 1. The standard InChI is InChI=1S/C21H28N6O3/c1-2-30-15-5-10-24-21(25-18-7-3-6-17(16-18)19(28)29)27-13-11-26(12-14-27)20-22-8-4-9-23-20/h3-4,6-9,16H,2,5,10-15H2,1H3,(H,24,25)(H,28,29). The molecule has 0 spiro atoms. The summed E-state index contributed by atoms with van der Waals surface area (Å²) in [5, 5.41) is 12.6. The minimum atomic E-state index is -0.953. The highest BCUT2D eigenvalue weighted by molar-refractivity contribution is 5.96. The van der Waals surface area contributed by atoms with Crippen LogP contribution in [-0.4, -0.2) is 77.8 Å². The van der Waals surface area contributed by atoms with Crippen LogP contribution in [0.25, 0.3) is 0 Å². The summed E-state index contributed by atoms with van der Waals surface area (Å²) in [5.74, 6) is 0.516. The van der Waals surface area contributed by atoms with Crippen LogP contribution in [0.1, 0.15) is 23.7 Å². The lowest BCUT2D eigenvalue weighted by Gasteiger charge is -2.36. The highest BCUT2D eigenvalue weighted by atomic mass is 16.5. The first kappa shape index (κ1) is 21.5. The summed E-state index contributed by atoms with van der Waals surface area (Å²) in [6, 6.07) is 8.57. The van der Waals surface area contributed by atoms with Crippen LogP contribution >= 0.6 is 0 Å². The number of hydrogen-bond acceptors (Lipinski definition) is 6. The molecular formula is C21H28N6O3. The quantitative estimate of drug-likeness (QED) is 0.386. The van der Waals surface area contributed by atoms with Crippen LogP contribution in [0.4, 0.5) is 11.6 Å². The molecule has 30 heavy (non-hydrogen) atoms. The largest absolute Gasteiger partial charge is 0.478 e. The van der Waals surface area contributed by atoms with Crippen molar-refractivity contribution >= 4 is 23.6 Å². The van der Waals surface area contributed by atoms with Crippen molar-refractivity contribution in [3.8, 4) is 0 Å². The number of carboxylic acids is 1. The molecule has 1 fully saturated rings. The normalized spacial score (nSPS) is 14.6. The Morgan fingerprint density at radius 2 is 1.97 bits per heavy atom. The summed E-state index contributed by atoms with van der Waals surface area (Å²) >= 11 is 0. The molecule has 2 N–H and O–H groups in total. The molecule has 1 aromatic carbocycles. The zero-order valence-corrected chi connectivity index (χ0v) is 17.2. The van der Waals surface area contributed by atoms with Crippen LogP contribution in [0.3, 0.4) is 0 Å². The SMILES string of the molecule is CCOCCCN=C(Nc1cccc(C(=O)O)c1)N1CCN(c2ncccn2)CC1. The maximum absolute atomic E-state index is 11.3. The number of rotatable bonds is 8. The number of piperazine rings is 1. The third-order valence-electron chi connectivity index (χ3n) is 4.69. The van der Waals surface area contributed by atoms with E-state index in [9.17, 15) is 9.90 Å². The van der Waals surface area contributed by atoms with Gasteiger partial charge in [0.1, 0.15) is 0 Å². The van der Waals surface area contributed by atoms with E-state index in [1.165, 1.54) is 0 Å². The minimum absolute atomic E-state index is 0.238.